The number of carbonyl (C=O) groups is 1. The van der Waals surface area contributed by atoms with Crippen LogP contribution in [0.2, 0.25) is 0 Å². The number of hydrogen-bond donors (Lipinski definition) is 1. The van der Waals surface area contributed by atoms with Gasteiger partial charge in [0.1, 0.15) is 0 Å². The summed E-state index contributed by atoms with van der Waals surface area (Å²) in [5.74, 6) is 0.862. The van der Waals surface area contributed by atoms with Crippen LogP contribution < -0.4 is 10.2 Å². The largest absolute Gasteiger partial charge is 0.355 e. The smallest absolute Gasteiger partial charge is 0.322 e. The molecule has 3 heterocycles. The van der Waals surface area contributed by atoms with Gasteiger partial charge in [-0.25, -0.2) is 14.8 Å². The van der Waals surface area contributed by atoms with E-state index in [9.17, 15) is 4.79 Å². The Morgan fingerprint density at radius 2 is 2.17 bits per heavy atom. The fourth-order valence-electron chi connectivity index (χ4n) is 2.65. The Balaban J connectivity index is 1.69. The molecular weight excluding hydrogens is 310 g/mol. The molecule has 1 saturated heterocycles. The first-order chi connectivity index (χ1) is 11.1. The van der Waals surface area contributed by atoms with Gasteiger partial charge in [0, 0.05) is 31.2 Å². The van der Waals surface area contributed by atoms with E-state index < -0.39 is 0 Å². The number of thiazole rings is 1. The molecule has 0 aromatic carbocycles. The monoisotopic (exact) mass is 331 g/mol. The Hall–Kier alpha value is -2.15. The summed E-state index contributed by atoms with van der Waals surface area (Å²) in [6.45, 7) is 4.51. The molecular formula is C16H21N5OS. The topological polar surface area (TPSA) is 61.4 Å². The predicted molar refractivity (Wildman–Crippen MR) is 93.0 cm³/mol. The average Bonchev–Trinajstić information content (AvgIpc) is 3.20. The lowest BCUT2D eigenvalue weighted by atomic mass is 10.3. The molecule has 0 aliphatic carbocycles. The number of nitrogens with zero attached hydrogens (tertiary/aromatic N) is 4. The molecule has 122 valence electrons. The van der Waals surface area contributed by atoms with Crippen LogP contribution in [0.25, 0.3) is 0 Å². The highest BCUT2D eigenvalue weighted by atomic mass is 32.1. The van der Waals surface area contributed by atoms with Crippen LogP contribution >= 0.6 is 11.3 Å². The number of pyridine rings is 1. The number of aryl methyl sites for hydroxylation is 1. The van der Waals surface area contributed by atoms with Crippen LogP contribution in [0.3, 0.4) is 0 Å². The first-order valence-electron chi connectivity index (χ1n) is 7.76. The van der Waals surface area contributed by atoms with Crippen LogP contribution in [0, 0.1) is 6.92 Å². The van der Waals surface area contributed by atoms with E-state index in [0.717, 1.165) is 35.2 Å². The zero-order valence-electron chi connectivity index (χ0n) is 13.5. The summed E-state index contributed by atoms with van der Waals surface area (Å²) >= 11 is 1.57. The second kappa shape index (κ2) is 6.95. The fraction of sp³-hybridized carbons (Fsp3) is 0.438. The van der Waals surface area contributed by atoms with Gasteiger partial charge in [-0.3, -0.25) is 0 Å². The van der Waals surface area contributed by atoms with Crippen molar-refractivity contribution in [3.63, 3.8) is 0 Å². The van der Waals surface area contributed by atoms with Gasteiger partial charge in [-0.15, -0.1) is 11.3 Å². The van der Waals surface area contributed by atoms with Crippen molar-refractivity contribution in [3.8, 4) is 0 Å². The van der Waals surface area contributed by atoms with Gasteiger partial charge < -0.3 is 15.1 Å². The van der Waals surface area contributed by atoms with E-state index in [-0.39, 0.29) is 6.03 Å². The molecule has 7 heteroatoms. The molecule has 0 spiro atoms. The van der Waals surface area contributed by atoms with Crippen LogP contribution in [0.4, 0.5) is 16.3 Å². The van der Waals surface area contributed by atoms with Gasteiger partial charge in [-0.1, -0.05) is 0 Å². The van der Waals surface area contributed by atoms with Gasteiger partial charge in [0.2, 0.25) is 0 Å². The lowest BCUT2D eigenvalue weighted by Crippen LogP contribution is -2.32. The van der Waals surface area contributed by atoms with Crippen LogP contribution in [-0.2, 0) is 6.54 Å². The van der Waals surface area contributed by atoms with Gasteiger partial charge in [-0.05, 0) is 31.9 Å². The second-order valence-corrected chi connectivity index (χ2v) is 6.66. The maximum Gasteiger partial charge on any atom is 0.322 e. The molecule has 0 unspecified atom stereocenters. The Morgan fingerprint density at radius 3 is 2.87 bits per heavy atom. The minimum Gasteiger partial charge on any atom is -0.355 e. The summed E-state index contributed by atoms with van der Waals surface area (Å²) in [7, 11) is 1.79. The summed E-state index contributed by atoms with van der Waals surface area (Å²) < 4.78 is 0. The Bertz CT molecular complexity index is 681. The summed E-state index contributed by atoms with van der Waals surface area (Å²) in [5.41, 5.74) is 3.56. The molecule has 2 aromatic heterocycles. The second-order valence-electron chi connectivity index (χ2n) is 5.72. The third-order valence-corrected chi connectivity index (χ3v) is 4.93. The fourth-order valence-corrected chi connectivity index (χ4v) is 3.48. The first-order valence-corrected chi connectivity index (χ1v) is 8.64. The normalized spacial score (nSPS) is 14.1. The molecule has 1 fully saturated rings. The third kappa shape index (κ3) is 3.61. The van der Waals surface area contributed by atoms with Crippen molar-refractivity contribution in [2.24, 2.45) is 0 Å². The number of hydrogen-bond acceptors (Lipinski definition) is 5. The lowest BCUT2D eigenvalue weighted by Gasteiger charge is -2.22. The maximum absolute atomic E-state index is 12.5. The SMILES string of the molecule is Cc1ncsc1CN(C)C(=O)Nc1cccnc1N1CCCC1. The zero-order valence-corrected chi connectivity index (χ0v) is 14.3. The molecule has 1 N–H and O–H groups in total. The summed E-state index contributed by atoms with van der Waals surface area (Å²) in [5, 5.41) is 2.99. The average molecular weight is 331 g/mol. The van der Waals surface area contributed by atoms with E-state index in [4.69, 9.17) is 0 Å². The molecule has 23 heavy (non-hydrogen) atoms. The first kappa shape index (κ1) is 15.7. The molecule has 1 aliphatic heterocycles. The van der Waals surface area contributed by atoms with Gasteiger partial charge in [0.25, 0.3) is 0 Å². The summed E-state index contributed by atoms with van der Waals surface area (Å²) in [6.07, 6.45) is 4.12. The molecule has 0 bridgehead atoms. The van der Waals surface area contributed by atoms with Crippen molar-refractivity contribution < 1.29 is 4.79 Å². The van der Waals surface area contributed by atoms with Gasteiger partial charge in [0.15, 0.2) is 5.82 Å². The van der Waals surface area contributed by atoms with E-state index in [0.29, 0.717) is 6.54 Å². The molecule has 2 amide bonds. The minimum absolute atomic E-state index is 0.133. The molecule has 2 aromatic rings. The maximum atomic E-state index is 12.5. The van der Waals surface area contributed by atoms with Crippen molar-refractivity contribution in [1.29, 1.82) is 0 Å². The number of rotatable bonds is 4. The molecule has 3 rings (SSSR count). The molecule has 0 radical (unpaired) electrons. The van der Waals surface area contributed by atoms with Gasteiger partial charge >= 0.3 is 6.03 Å². The lowest BCUT2D eigenvalue weighted by molar-refractivity contribution is 0.221. The number of carbonyl (C=O) groups excluding carboxylic acids is 1. The van der Waals surface area contributed by atoms with Crippen LogP contribution in [-0.4, -0.2) is 41.0 Å². The zero-order chi connectivity index (χ0) is 16.2. The van der Waals surface area contributed by atoms with E-state index in [1.165, 1.54) is 12.8 Å². The summed E-state index contributed by atoms with van der Waals surface area (Å²) in [6, 6.07) is 3.62. The molecule has 6 nitrogen and oxygen atoms in total. The number of nitrogens with one attached hydrogen (secondary N) is 1. The van der Waals surface area contributed by atoms with Crippen LogP contribution in [0.1, 0.15) is 23.4 Å². The molecule has 0 saturated carbocycles. The van der Waals surface area contributed by atoms with Crippen molar-refractivity contribution in [2.75, 3.05) is 30.4 Å². The number of urea groups is 1. The van der Waals surface area contributed by atoms with Crippen LogP contribution in [0.5, 0.6) is 0 Å². The van der Waals surface area contributed by atoms with Crippen molar-refractivity contribution in [3.05, 3.63) is 34.4 Å². The van der Waals surface area contributed by atoms with Crippen LogP contribution in [0.15, 0.2) is 23.8 Å². The van der Waals surface area contributed by atoms with E-state index >= 15 is 0 Å². The number of aromatic nitrogens is 2. The highest BCUT2D eigenvalue weighted by Crippen LogP contribution is 2.26. The molecule has 1 aliphatic rings. The van der Waals surface area contributed by atoms with Gasteiger partial charge in [-0.2, -0.15) is 0 Å². The number of amides is 2. The standard InChI is InChI=1S/C16H21N5OS/c1-12-14(23-11-18-12)10-20(2)16(22)19-13-6-5-7-17-15(13)21-8-3-4-9-21/h5-7,11H,3-4,8-10H2,1-2H3,(H,19,22). The molecule has 0 atom stereocenters. The third-order valence-electron chi connectivity index (χ3n) is 4.01. The minimum atomic E-state index is -0.133. The van der Waals surface area contributed by atoms with E-state index in [1.54, 1.807) is 29.5 Å². The Kier molecular flexibility index (Phi) is 4.76. The van der Waals surface area contributed by atoms with E-state index in [2.05, 4.69) is 20.2 Å². The van der Waals surface area contributed by atoms with Crippen molar-refractivity contribution in [1.82, 2.24) is 14.9 Å². The summed E-state index contributed by atoms with van der Waals surface area (Å²) in [4.78, 5) is 26.1. The van der Waals surface area contributed by atoms with Crippen molar-refractivity contribution in [2.45, 2.75) is 26.3 Å². The number of anilines is 2. The Morgan fingerprint density at radius 1 is 1.39 bits per heavy atom. The Labute approximate surface area is 140 Å². The van der Waals surface area contributed by atoms with E-state index in [1.807, 2.05) is 24.6 Å². The quantitative estimate of drug-likeness (QED) is 0.935. The predicted octanol–water partition coefficient (Wildman–Crippen LogP) is 3.11. The van der Waals surface area contributed by atoms with Gasteiger partial charge in [0.05, 0.1) is 23.4 Å². The highest BCUT2D eigenvalue weighted by Gasteiger charge is 2.19. The highest BCUT2D eigenvalue weighted by molar-refractivity contribution is 7.09. The van der Waals surface area contributed by atoms with Crippen molar-refractivity contribution >= 4 is 28.9 Å².